The van der Waals surface area contributed by atoms with E-state index >= 15 is 0 Å². The summed E-state index contributed by atoms with van der Waals surface area (Å²) in [7, 11) is 0. The predicted octanol–water partition coefficient (Wildman–Crippen LogP) is 1.53. The lowest BCUT2D eigenvalue weighted by Crippen LogP contribution is -2.29. The molecule has 1 aromatic rings. The molecule has 4 nitrogen and oxygen atoms in total. The molecule has 0 amide bonds. The fourth-order valence-corrected chi connectivity index (χ4v) is 1.14. The number of hydrogen-bond acceptors (Lipinski definition) is 4. The lowest BCUT2D eigenvalue weighted by Gasteiger charge is -2.20. The first-order valence-electron chi connectivity index (χ1n) is 4.57. The van der Waals surface area contributed by atoms with Gasteiger partial charge in [-0.05, 0) is 19.4 Å². The molecule has 2 unspecified atom stereocenters. The largest absolute Gasteiger partial charge is 0.366 e. The number of anilines is 1. The summed E-state index contributed by atoms with van der Waals surface area (Å²) in [4.78, 5) is 7.85. The van der Waals surface area contributed by atoms with Gasteiger partial charge in [0.25, 0.3) is 0 Å². The molecule has 0 aliphatic rings. The molecule has 5 heteroatoms. The van der Waals surface area contributed by atoms with Gasteiger partial charge in [-0.2, -0.15) is 0 Å². The first-order valence-corrected chi connectivity index (χ1v) is 4.95. The molecular formula is C9H15ClN4. The van der Waals surface area contributed by atoms with Crippen LogP contribution in [0.2, 0.25) is 5.02 Å². The van der Waals surface area contributed by atoms with E-state index in [1.54, 1.807) is 6.20 Å². The molecule has 3 N–H and O–H groups in total. The summed E-state index contributed by atoms with van der Waals surface area (Å²) in [6, 6.07) is 0.243. The molecule has 78 valence electrons. The van der Waals surface area contributed by atoms with E-state index in [9.17, 15) is 0 Å². The number of halogens is 1. The normalized spacial score (nSPS) is 14.9. The van der Waals surface area contributed by atoms with Crippen molar-refractivity contribution in [2.75, 3.05) is 11.9 Å². The van der Waals surface area contributed by atoms with Gasteiger partial charge in [-0.3, -0.25) is 0 Å². The topological polar surface area (TPSA) is 63.8 Å². The number of rotatable bonds is 4. The van der Waals surface area contributed by atoms with Crippen LogP contribution in [0.1, 0.15) is 13.8 Å². The molecule has 0 aromatic carbocycles. The maximum Gasteiger partial charge on any atom is 0.148 e. The fraction of sp³-hybridized carbons (Fsp3) is 0.556. The van der Waals surface area contributed by atoms with E-state index in [1.165, 1.54) is 6.33 Å². The van der Waals surface area contributed by atoms with E-state index in [4.69, 9.17) is 17.3 Å². The molecule has 14 heavy (non-hydrogen) atoms. The third kappa shape index (κ3) is 2.82. The second-order valence-electron chi connectivity index (χ2n) is 3.37. The Hall–Kier alpha value is -0.870. The average Bonchev–Trinajstić information content (AvgIpc) is 2.20. The van der Waals surface area contributed by atoms with Crippen molar-refractivity contribution in [1.82, 2.24) is 9.97 Å². The Balaban J connectivity index is 2.64. The monoisotopic (exact) mass is 214 g/mol. The van der Waals surface area contributed by atoms with Crippen molar-refractivity contribution in [2.45, 2.75) is 19.9 Å². The maximum absolute atomic E-state index is 5.90. The second kappa shape index (κ2) is 5.12. The molecular weight excluding hydrogens is 200 g/mol. The maximum atomic E-state index is 5.90. The standard InChI is InChI=1S/C9H15ClN4/c1-6(3-11)7(2)14-9-8(10)4-12-5-13-9/h4-7H,3,11H2,1-2H3,(H,12,13,14). The Bertz CT molecular complexity index is 292. The summed E-state index contributed by atoms with van der Waals surface area (Å²) in [6.07, 6.45) is 3.03. The van der Waals surface area contributed by atoms with E-state index < -0.39 is 0 Å². The van der Waals surface area contributed by atoms with Crippen molar-refractivity contribution in [2.24, 2.45) is 11.7 Å². The summed E-state index contributed by atoms with van der Waals surface area (Å²) in [5.74, 6) is 1.04. The number of nitrogens with zero attached hydrogens (tertiary/aromatic N) is 2. The van der Waals surface area contributed by atoms with Crippen LogP contribution in [0.25, 0.3) is 0 Å². The smallest absolute Gasteiger partial charge is 0.148 e. The first kappa shape index (κ1) is 11.2. The van der Waals surface area contributed by atoms with Gasteiger partial charge < -0.3 is 11.1 Å². The van der Waals surface area contributed by atoms with E-state index in [0.29, 0.717) is 23.3 Å². The highest BCUT2D eigenvalue weighted by Crippen LogP contribution is 2.18. The van der Waals surface area contributed by atoms with Crippen LogP contribution < -0.4 is 11.1 Å². The van der Waals surface area contributed by atoms with Gasteiger partial charge >= 0.3 is 0 Å². The van der Waals surface area contributed by atoms with Crippen LogP contribution in [-0.2, 0) is 0 Å². The molecule has 0 saturated heterocycles. The second-order valence-corrected chi connectivity index (χ2v) is 3.77. The summed E-state index contributed by atoms with van der Waals surface area (Å²) < 4.78 is 0. The molecule has 1 heterocycles. The molecule has 0 bridgehead atoms. The third-order valence-corrected chi connectivity index (χ3v) is 2.53. The Labute approximate surface area is 88.9 Å². The minimum absolute atomic E-state index is 0.243. The quantitative estimate of drug-likeness (QED) is 0.798. The zero-order valence-electron chi connectivity index (χ0n) is 8.37. The van der Waals surface area contributed by atoms with Crippen LogP contribution in [0.15, 0.2) is 12.5 Å². The SMILES string of the molecule is CC(CN)C(C)Nc1ncncc1Cl. The van der Waals surface area contributed by atoms with Gasteiger partial charge in [0.05, 0.1) is 6.20 Å². The van der Waals surface area contributed by atoms with Gasteiger partial charge in [0.2, 0.25) is 0 Å². The molecule has 0 radical (unpaired) electrons. The van der Waals surface area contributed by atoms with Gasteiger partial charge in [-0.15, -0.1) is 0 Å². The van der Waals surface area contributed by atoms with Gasteiger partial charge in [0, 0.05) is 6.04 Å². The summed E-state index contributed by atoms with van der Waals surface area (Å²) in [6.45, 7) is 4.76. The average molecular weight is 215 g/mol. The van der Waals surface area contributed by atoms with E-state index in [0.717, 1.165) is 0 Å². The zero-order chi connectivity index (χ0) is 10.6. The molecule has 0 aliphatic carbocycles. The van der Waals surface area contributed by atoms with Crippen LogP contribution in [-0.4, -0.2) is 22.6 Å². The summed E-state index contributed by atoms with van der Waals surface area (Å²) >= 11 is 5.90. The van der Waals surface area contributed by atoms with Crippen LogP contribution in [0.5, 0.6) is 0 Å². The lowest BCUT2D eigenvalue weighted by atomic mass is 10.0. The van der Waals surface area contributed by atoms with Crippen molar-refractivity contribution in [3.63, 3.8) is 0 Å². The predicted molar refractivity (Wildman–Crippen MR) is 58.3 cm³/mol. The van der Waals surface area contributed by atoms with E-state index in [2.05, 4.69) is 29.1 Å². The van der Waals surface area contributed by atoms with Gasteiger partial charge in [0.15, 0.2) is 0 Å². The Morgan fingerprint density at radius 1 is 1.57 bits per heavy atom. The first-order chi connectivity index (χ1) is 6.65. The zero-order valence-corrected chi connectivity index (χ0v) is 9.12. The Morgan fingerprint density at radius 3 is 2.86 bits per heavy atom. The van der Waals surface area contributed by atoms with Crippen molar-refractivity contribution < 1.29 is 0 Å². The molecule has 1 rings (SSSR count). The van der Waals surface area contributed by atoms with Crippen molar-refractivity contribution >= 4 is 17.4 Å². The number of hydrogen-bond donors (Lipinski definition) is 2. The van der Waals surface area contributed by atoms with Crippen LogP contribution in [0.3, 0.4) is 0 Å². The minimum atomic E-state index is 0.243. The van der Waals surface area contributed by atoms with E-state index in [1.807, 2.05) is 0 Å². The van der Waals surface area contributed by atoms with Crippen molar-refractivity contribution in [1.29, 1.82) is 0 Å². The molecule has 1 aromatic heterocycles. The molecule has 2 atom stereocenters. The van der Waals surface area contributed by atoms with Crippen LogP contribution in [0.4, 0.5) is 5.82 Å². The highest BCUT2D eigenvalue weighted by Gasteiger charge is 2.11. The highest BCUT2D eigenvalue weighted by molar-refractivity contribution is 6.32. The van der Waals surface area contributed by atoms with Gasteiger partial charge in [-0.25, -0.2) is 9.97 Å². The summed E-state index contributed by atoms with van der Waals surface area (Å²) in [5.41, 5.74) is 5.56. The van der Waals surface area contributed by atoms with Crippen molar-refractivity contribution in [3.05, 3.63) is 17.5 Å². The lowest BCUT2D eigenvalue weighted by molar-refractivity contribution is 0.520. The van der Waals surface area contributed by atoms with Gasteiger partial charge in [0.1, 0.15) is 17.2 Å². The summed E-state index contributed by atoms with van der Waals surface area (Å²) in [5, 5.41) is 3.73. The number of nitrogens with two attached hydrogens (primary N) is 1. The fourth-order valence-electron chi connectivity index (χ4n) is 0.981. The molecule has 0 fully saturated rings. The third-order valence-electron chi connectivity index (χ3n) is 2.26. The van der Waals surface area contributed by atoms with Crippen molar-refractivity contribution in [3.8, 4) is 0 Å². The molecule has 0 aliphatic heterocycles. The minimum Gasteiger partial charge on any atom is -0.366 e. The highest BCUT2D eigenvalue weighted by atomic mass is 35.5. The number of aromatic nitrogens is 2. The number of nitrogens with one attached hydrogen (secondary N) is 1. The van der Waals surface area contributed by atoms with Crippen LogP contribution in [0, 0.1) is 5.92 Å². The molecule has 0 saturated carbocycles. The Morgan fingerprint density at radius 2 is 2.29 bits per heavy atom. The van der Waals surface area contributed by atoms with E-state index in [-0.39, 0.29) is 6.04 Å². The molecule has 0 spiro atoms. The van der Waals surface area contributed by atoms with Crippen LogP contribution >= 0.6 is 11.6 Å². The Kier molecular flexibility index (Phi) is 4.10. The van der Waals surface area contributed by atoms with Gasteiger partial charge in [-0.1, -0.05) is 18.5 Å².